The van der Waals surface area contributed by atoms with Crippen LogP contribution >= 0.6 is 0 Å². The molecule has 1 aliphatic heterocycles. The molecule has 1 amide bonds. The molecule has 5 heteroatoms. The Kier molecular flexibility index (Phi) is 5.15. The number of ether oxygens (including phenoxy) is 1. The van der Waals surface area contributed by atoms with Crippen LogP contribution < -0.4 is 0 Å². The minimum absolute atomic E-state index is 0.142. The van der Waals surface area contributed by atoms with E-state index < -0.39 is 17.9 Å². The van der Waals surface area contributed by atoms with Gasteiger partial charge in [0.05, 0.1) is 7.11 Å². The van der Waals surface area contributed by atoms with Crippen molar-refractivity contribution in [3.05, 3.63) is 0 Å². The Morgan fingerprint density at radius 1 is 0.950 bits per heavy atom. The molecule has 1 saturated carbocycles. The number of hydrogen-bond donors (Lipinski definition) is 0. The Labute approximate surface area is 119 Å². The standard InChI is InChI=1S/C15H23NO4/c1-20-15(19)12-9-5-6-10-16(12)14(18)13(17)11-7-3-2-4-8-11/h11-12H,2-10H2,1H3. The molecule has 0 aromatic rings. The summed E-state index contributed by atoms with van der Waals surface area (Å²) in [6.07, 6.45) is 7.12. The fourth-order valence-corrected chi connectivity index (χ4v) is 3.24. The van der Waals surface area contributed by atoms with Crippen LogP contribution in [0.2, 0.25) is 0 Å². The third-order valence-corrected chi connectivity index (χ3v) is 4.42. The van der Waals surface area contributed by atoms with Crippen molar-refractivity contribution in [2.24, 2.45) is 5.92 Å². The van der Waals surface area contributed by atoms with Crippen LogP contribution in [-0.2, 0) is 19.1 Å². The van der Waals surface area contributed by atoms with E-state index in [-0.39, 0.29) is 11.7 Å². The van der Waals surface area contributed by atoms with E-state index in [9.17, 15) is 14.4 Å². The summed E-state index contributed by atoms with van der Waals surface area (Å²) in [5, 5.41) is 0. The van der Waals surface area contributed by atoms with Crippen LogP contribution in [0, 0.1) is 5.92 Å². The number of esters is 1. The van der Waals surface area contributed by atoms with Crippen LogP contribution in [0.25, 0.3) is 0 Å². The number of piperidine rings is 1. The molecular weight excluding hydrogens is 258 g/mol. The zero-order valence-electron chi connectivity index (χ0n) is 12.1. The molecule has 5 nitrogen and oxygen atoms in total. The Morgan fingerprint density at radius 2 is 1.60 bits per heavy atom. The SMILES string of the molecule is COC(=O)C1CCCCN1C(=O)C(=O)C1CCCCC1. The number of ketones is 1. The maximum absolute atomic E-state index is 12.4. The average Bonchev–Trinajstić information content (AvgIpc) is 2.53. The lowest BCUT2D eigenvalue weighted by Gasteiger charge is -2.34. The summed E-state index contributed by atoms with van der Waals surface area (Å²) in [4.78, 5) is 37.9. The van der Waals surface area contributed by atoms with Crippen molar-refractivity contribution in [1.82, 2.24) is 4.90 Å². The predicted octanol–water partition coefficient (Wildman–Crippen LogP) is 1.69. The van der Waals surface area contributed by atoms with Gasteiger partial charge in [-0.05, 0) is 32.1 Å². The first-order valence-corrected chi connectivity index (χ1v) is 7.57. The molecule has 0 aromatic heterocycles. The van der Waals surface area contributed by atoms with E-state index >= 15 is 0 Å². The van der Waals surface area contributed by atoms with E-state index in [4.69, 9.17) is 4.74 Å². The smallest absolute Gasteiger partial charge is 0.328 e. The minimum atomic E-state index is -0.575. The van der Waals surface area contributed by atoms with Crippen molar-refractivity contribution in [1.29, 1.82) is 0 Å². The van der Waals surface area contributed by atoms with Crippen LogP contribution in [0.3, 0.4) is 0 Å². The summed E-state index contributed by atoms with van der Waals surface area (Å²) in [5.74, 6) is -1.33. The van der Waals surface area contributed by atoms with Gasteiger partial charge in [-0.3, -0.25) is 9.59 Å². The van der Waals surface area contributed by atoms with Gasteiger partial charge in [0.1, 0.15) is 6.04 Å². The number of Topliss-reactive ketones (excluding diaryl/α,β-unsaturated/α-hetero) is 1. The first kappa shape index (κ1) is 15.0. The summed E-state index contributed by atoms with van der Waals surface area (Å²) in [6, 6.07) is -0.575. The van der Waals surface area contributed by atoms with E-state index in [2.05, 4.69) is 0 Å². The van der Waals surface area contributed by atoms with E-state index in [0.717, 1.165) is 44.9 Å². The summed E-state index contributed by atoms with van der Waals surface area (Å²) < 4.78 is 4.75. The predicted molar refractivity (Wildman–Crippen MR) is 73.0 cm³/mol. The number of amides is 1. The van der Waals surface area contributed by atoms with Gasteiger partial charge in [0.25, 0.3) is 5.91 Å². The molecule has 0 aromatic carbocycles. The summed E-state index contributed by atoms with van der Waals surface area (Å²) in [6.45, 7) is 0.483. The Hall–Kier alpha value is -1.39. The van der Waals surface area contributed by atoms with Gasteiger partial charge in [0.15, 0.2) is 0 Å². The molecule has 2 rings (SSSR count). The van der Waals surface area contributed by atoms with Crippen molar-refractivity contribution in [2.45, 2.75) is 57.4 Å². The van der Waals surface area contributed by atoms with Gasteiger partial charge in [-0.15, -0.1) is 0 Å². The molecule has 0 spiro atoms. The maximum Gasteiger partial charge on any atom is 0.328 e. The van der Waals surface area contributed by atoms with Crippen molar-refractivity contribution in [3.63, 3.8) is 0 Å². The van der Waals surface area contributed by atoms with Crippen molar-refractivity contribution >= 4 is 17.7 Å². The lowest BCUT2D eigenvalue weighted by molar-refractivity contribution is -0.158. The Bertz CT molecular complexity index is 387. The van der Waals surface area contributed by atoms with E-state index in [0.29, 0.717) is 13.0 Å². The minimum Gasteiger partial charge on any atom is -0.467 e. The van der Waals surface area contributed by atoms with Gasteiger partial charge in [-0.2, -0.15) is 0 Å². The molecule has 0 N–H and O–H groups in total. The first-order valence-electron chi connectivity index (χ1n) is 7.57. The number of rotatable bonds is 3. The molecule has 2 fully saturated rings. The molecule has 1 unspecified atom stereocenters. The van der Waals surface area contributed by atoms with Crippen LogP contribution in [0.1, 0.15) is 51.4 Å². The molecule has 1 saturated heterocycles. The maximum atomic E-state index is 12.4. The molecule has 1 aliphatic carbocycles. The summed E-state index contributed by atoms with van der Waals surface area (Å²) in [7, 11) is 1.32. The van der Waals surface area contributed by atoms with Crippen molar-refractivity contribution in [2.75, 3.05) is 13.7 Å². The molecule has 0 bridgehead atoms. The molecule has 20 heavy (non-hydrogen) atoms. The summed E-state index contributed by atoms with van der Waals surface area (Å²) in [5.41, 5.74) is 0. The number of carbonyl (C=O) groups is 3. The second kappa shape index (κ2) is 6.86. The molecule has 2 aliphatic rings. The van der Waals surface area contributed by atoms with Gasteiger partial charge in [0, 0.05) is 12.5 Å². The number of carbonyl (C=O) groups excluding carboxylic acids is 3. The second-order valence-electron chi connectivity index (χ2n) is 5.73. The number of hydrogen-bond acceptors (Lipinski definition) is 4. The zero-order chi connectivity index (χ0) is 14.5. The monoisotopic (exact) mass is 281 g/mol. The van der Waals surface area contributed by atoms with Gasteiger partial charge < -0.3 is 9.64 Å². The number of methoxy groups -OCH3 is 1. The highest BCUT2D eigenvalue weighted by Gasteiger charge is 2.38. The third-order valence-electron chi connectivity index (χ3n) is 4.42. The number of nitrogens with zero attached hydrogens (tertiary/aromatic N) is 1. The van der Waals surface area contributed by atoms with Gasteiger partial charge in [-0.25, -0.2) is 4.79 Å². The fraction of sp³-hybridized carbons (Fsp3) is 0.800. The van der Waals surface area contributed by atoms with Crippen LogP contribution in [0.15, 0.2) is 0 Å². The molecule has 112 valence electrons. The topological polar surface area (TPSA) is 63.7 Å². The van der Waals surface area contributed by atoms with Gasteiger partial charge in [0.2, 0.25) is 5.78 Å². The Morgan fingerprint density at radius 3 is 2.25 bits per heavy atom. The van der Waals surface area contributed by atoms with Crippen LogP contribution in [0.5, 0.6) is 0 Å². The lowest BCUT2D eigenvalue weighted by Crippen LogP contribution is -2.52. The fourth-order valence-electron chi connectivity index (χ4n) is 3.24. The average molecular weight is 281 g/mol. The van der Waals surface area contributed by atoms with Crippen LogP contribution in [-0.4, -0.2) is 42.3 Å². The highest BCUT2D eigenvalue weighted by atomic mass is 16.5. The molecule has 0 radical (unpaired) electrons. The lowest BCUT2D eigenvalue weighted by atomic mass is 9.85. The molecular formula is C15H23NO4. The van der Waals surface area contributed by atoms with Gasteiger partial charge in [-0.1, -0.05) is 19.3 Å². The van der Waals surface area contributed by atoms with Crippen molar-refractivity contribution < 1.29 is 19.1 Å². The van der Waals surface area contributed by atoms with Gasteiger partial charge >= 0.3 is 5.97 Å². The highest BCUT2D eigenvalue weighted by molar-refractivity contribution is 6.37. The van der Waals surface area contributed by atoms with E-state index in [1.807, 2.05) is 0 Å². The highest BCUT2D eigenvalue weighted by Crippen LogP contribution is 2.26. The summed E-state index contributed by atoms with van der Waals surface area (Å²) >= 11 is 0. The first-order chi connectivity index (χ1) is 9.65. The molecule has 1 atom stereocenters. The third kappa shape index (κ3) is 3.19. The van der Waals surface area contributed by atoms with E-state index in [1.54, 1.807) is 0 Å². The van der Waals surface area contributed by atoms with E-state index in [1.165, 1.54) is 12.0 Å². The van der Waals surface area contributed by atoms with Crippen LogP contribution in [0.4, 0.5) is 0 Å². The quantitative estimate of drug-likeness (QED) is 0.583. The molecule has 1 heterocycles. The van der Waals surface area contributed by atoms with Crippen molar-refractivity contribution in [3.8, 4) is 0 Å². The second-order valence-corrected chi connectivity index (χ2v) is 5.73. The normalized spacial score (nSPS) is 24.2. The Balaban J connectivity index is 2.04. The zero-order valence-corrected chi connectivity index (χ0v) is 12.1. The number of likely N-dealkylation sites (tertiary alicyclic amines) is 1. The largest absolute Gasteiger partial charge is 0.467 e.